The lowest BCUT2D eigenvalue weighted by Crippen LogP contribution is -2.38. The highest BCUT2D eigenvalue weighted by Crippen LogP contribution is 2.40. The molecule has 12 heteroatoms. The molecule has 0 bridgehead atoms. The largest absolute Gasteiger partial charge is 0.417 e. The highest BCUT2D eigenvalue weighted by atomic mass is 35.5. The van der Waals surface area contributed by atoms with Crippen molar-refractivity contribution in [2.75, 3.05) is 18.0 Å². The summed E-state index contributed by atoms with van der Waals surface area (Å²) in [7, 11) is 1.67. The van der Waals surface area contributed by atoms with E-state index in [0.717, 1.165) is 37.6 Å². The van der Waals surface area contributed by atoms with Crippen LogP contribution in [0.4, 0.5) is 19.0 Å². The van der Waals surface area contributed by atoms with Crippen LogP contribution in [-0.2, 0) is 13.2 Å². The summed E-state index contributed by atoms with van der Waals surface area (Å²) in [4.78, 5) is 15.3. The van der Waals surface area contributed by atoms with Gasteiger partial charge in [0.1, 0.15) is 29.1 Å². The quantitative estimate of drug-likeness (QED) is 0.421. The van der Waals surface area contributed by atoms with Gasteiger partial charge in [-0.15, -0.1) is 0 Å². The fourth-order valence-corrected chi connectivity index (χ4v) is 3.92. The Balaban J connectivity index is 0.00000126. The molecule has 1 fully saturated rings. The number of imidazole rings is 1. The lowest BCUT2D eigenvalue weighted by molar-refractivity contribution is -0.137. The minimum Gasteiger partial charge on any atom is -0.355 e. The Hall–Kier alpha value is -3.21. The van der Waals surface area contributed by atoms with Crippen molar-refractivity contribution in [1.29, 1.82) is 0 Å². The van der Waals surface area contributed by atoms with Gasteiger partial charge in [-0.3, -0.25) is 9.67 Å². The smallest absolute Gasteiger partial charge is 0.355 e. The summed E-state index contributed by atoms with van der Waals surface area (Å²) in [5.41, 5.74) is 1.58. The van der Waals surface area contributed by atoms with Gasteiger partial charge in [-0.2, -0.15) is 23.4 Å². The van der Waals surface area contributed by atoms with Crippen molar-refractivity contribution in [2.45, 2.75) is 33.4 Å². The molecule has 0 aliphatic carbocycles. The Morgan fingerprint density at radius 2 is 1.76 bits per heavy atom. The van der Waals surface area contributed by atoms with Crippen molar-refractivity contribution in [1.82, 2.24) is 34.3 Å². The Morgan fingerprint density at radius 3 is 2.36 bits per heavy atom. The molecule has 0 unspecified atom stereocenters. The summed E-state index contributed by atoms with van der Waals surface area (Å²) in [5.74, 6) is 1.40. The number of nitrogens with zero attached hydrogens (tertiary/aromatic N) is 8. The lowest BCUT2D eigenvalue weighted by Gasteiger charge is -2.32. The third-order valence-electron chi connectivity index (χ3n) is 5.32. The van der Waals surface area contributed by atoms with Gasteiger partial charge >= 0.3 is 6.18 Å². The van der Waals surface area contributed by atoms with Crippen LogP contribution < -0.4 is 4.90 Å². The average molecular weight is 479 g/mol. The monoisotopic (exact) mass is 478 g/mol. The maximum Gasteiger partial charge on any atom is 0.417 e. The lowest BCUT2D eigenvalue weighted by atomic mass is 10.1. The fraction of sp³-hybridized carbons (Fsp3) is 0.381. The molecule has 1 aliphatic heterocycles. The first-order valence-electron chi connectivity index (χ1n) is 10.5. The van der Waals surface area contributed by atoms with Crippen molar-refractivity contribution in [3.8, 4) is 22.6 Å². The molecule has 4 aromatic rings. The highest BCUT2D eigenvalue weighted by molar-refractivity contribution is 6.33. The van der Waals surface area contributed by atoms with E-state index < -0.39 is 11.7 Å². The van der Waals surface area contributed by atoms with Crippen LogP contribution in [0.15, 0.2) is 24.8 Å². The second-order valence-corrected chi connectivity index (χ2v) is 7.68. The van der Waals surface area contributed by atoms with Crippen LogP contribution >= 0.6 is 11.6 Å². The number of alkyl halides is 3. The van der Waals surface area contributed by atoms with Gasteiger partial charge in [0.05, 0.1) is 28.0 Å². The zero-order valence-electron chi connectivity index (χ0n) is 18.5. The summed E-state index contributed by atoms with van der Waals surface area (Å²) in [6.45, 7) is 7.58. The van der Waals surface area contributed by atoms with Crippen LogP contribution in [0.2, 0.25) is 5.02 Å². The molecule has 4 aromatic heterocycles. The van der Waals surface area contributed by atoms with Crippen LogP contribution in [0.25, 0.3) is 28.2 Å². The summed E-state index contributed by atoms with van der Waals surface area (Å²) in [5, 5.41) is 8.49. The van der Waals surface area contributed by atoms with E-state index in [4.69, 9.17) is 11.6 Å². The van der Waals surface area contributed by atoms with Gasteiger partial charge in [0, 0.05) is 26.3 Å². The Bertz CT molecular complexity index is 1310. The number of aryl methyl sites for hydroxylation is 2. The molecular weight excluding hydrogens is 457 g/mol. The molecular formula is C21H22ClF3N8. The summed E-state index contributed by atoms with van der Waals surface area (Å²) >= 11 is 6.23. The SMILES string of the molecule is CC.Cc1nc(-c2cnn(C)c2-c2ncc(C(F)(F)F)cc2Cl)c2c(N3CCC3)ncnn12. The fourth-order valence-electron chi connectivity index (χ4n) is 3.67. The van der Waals surface area contributed by atoms with Crippen LogP contribution in [-0.4, -0.2) is 47.4 Å². The van der Waals surface area contributed by atoms with Crippen molar-refractivity contribution >= 4 is 22.9 Å². The van der Waals surface area contributed by atoms with E-state index in [1.165, 1.54) is 11.0 Å². The maximum atomic E-state index is 13.1. The predicted octanol–water partition coefficient (Wildman–Crippen LogP) is 4.80. The zero-order chi connectivity index (χ0) is 23.9. The van der Waals surface area contributed by atoms with E-state index in [0.29, 0.717) is 28.3 Å². The third-order valence-corrected chi connectivity index (χ3v) is 5.61. The number of pyridine rings is 1. The first-order valence-corrected chi connectivity index (χ1v) is 10.8. The molecule has 174 valence electrons. The van der Waals surface area contributed by atoms with Crippen LogP contribution in [0.3, 0.4) is 0 Å². The van der Waals surface area contributed by atoms with E-state index in [2.05, 4.69) is 30.0 Å². The first-order chi connectivity index (χ1) is 15.8. The first kappa shape index (κ1) is 23.0. The van der Waals surface area contributed by atoms with E-state index >= 15 is 0 Å². The van der Waals surface area contributed by atoms with E-state index in [1.807, 2.05) is 20.8 Å². The molecule has 0 atom stereocenters. The molecule has 0 N–H and O–H groups in total. The molecule has 8 nitrogen and oxygen atoms in total. The van der Waals surface area contributed by atoms with Crippen LogP contribution in [0, 0.1) is 6.92 Å². The van der Waals surface area contributed by atoms with Crippen LogP contribution in [0.5, 0.6) is 0 Å². The number of halogens is 4. The Kier molecular flexibility index (Phi) is 6.00. The number of fused-ring (bicyclic) bond motifs is 1. The van der Waals surface area contributed by atoms with Gasteiger partial charge in [0.2, 0.25) is 0 Å². The number of hydrogen-bond acceptors (Lipinski definition) is 6. The average Bonchev–Trinajstić information content (AvgIpc) is 3.28. The number of hydrogen-bond donors (Lipinski definition) is 0. The topological polar surface area (TPSA) is 77.0 Å². The molecule has 1 saturated heterocycles. The third kappa shape index (κ3) is 3.90. The summed E-state index contributed by atoms with van der Waals surface area (Å²) in [6.07, 6.45) is 0.382. The Labute approximate surface area is 193 Å². The molecule has 1 aliphatic rings. The summed E-state index contributed by atoms with van der Waals surface area (Å²) in [6, 6.07) is 0.867. The van der Waals surface area contributed by atoms with Gasteiger partial charge < -0.3 is 4.90 Å². The minimum absolute atomic E-state index is 0.126. The number of rotatable bonds is 3. The number of anilines is 1. The van der Waals surface area contributed by atoms with Crippen molar-refractivity contribution in [3.63, 3.8) is 0 Å². The summed E-state index contributed by atoms with van der Waals surface area (Å²) < 4.78 is 42.4. The van der Waals surface area contributed by atoms with Crippen molar-refractivity contribution in [3.05, 3.63) is 41.2 Å². The molecule has 5 heterocycles. The highest BCUT2D eigenvalue weighted by Gasteiger charge is 2.33. The van der Waals surface area contributed by atoms with Gasteiger partial charge in [-0.1, -0.05) is 25.4 Å². The van der Waals surface area contributed by atoms with E-state index in [-0.39, 0.29) is 10.7 Å². The standard InChI is InChI=1S/C19H16ClF3N8.C2H6/c1-10-28-14(17-18(30-4-3-5-30)25-9-27-31(10)17)12-8-26-29(2)16(12)15-13(20)6-11(7-24-15)19(21,22)23;1-2/h6-9H,3-5H2,1-2H3;1-2H3. The van der Waals surface area contributed by atoms with Crippen molar-refractivity contribution < 1.29 is 13.2 Å². The number of aromatic nitrogens is 7. The second-order valence-electron chi connectivity index (χ2n) is 7.27. The molecule has 0 radical (unpaired) electrons. The Morgan fingerprint density at radius 1 is 1.03 bits per heavy atom. The van der Waals surface area contributed by atoms with Gasteiger partial charge in [0.25, 0.3) is 0 Å². The normalized spacial score (nSPS) is 13.6. The second kappa shape index (κ2) is 8.62. The van der Waals surface area contributed by atoms with Gasteiger partial charge in [-0.25, -0.2) is 14.5 Å². The van der Waals surface area contributed by atoms with E-state index in [9.17, 15) is 13.2 Å². The van der Waals surface area contributed by atoms with Crippen molar-refractivity contribution in [2.24, 2.45) is 7.05 Å². The maximum absolute atomic E-state index is 13.1. The molecule has 0 aromatic carbocycles. The minimum atomic E-state index is -4.54. The van der Waals surface area contributed by atoms with Gasteiger partial charge in [-0.05, 0) is 19.4 Å². The van der Waals surface area contributed by atoms with Crippen LogP contribution in [0.1, 0.15) is 31.7 Å². The van der Waals surface area contributed by atoms with Gasteiger partial charge in [0.15, 0.2) is 5.82 Å². The molecule has 33 heavy (non-hydrogen) atoms. The molecule has 0 spiro atoms. The zero-order valence-corrected chi connectivity index (χ0v) is 19.3. The molecule has 5 rings (SSSR count). The molecule has 0 amide bonds. The molecule has 0 saturated carbocycles. The predicted molar refractivity (Wildman–Crippen MR) is 119 cm³/mol. The van der Waals surface area contributed by atoms with E-state index in [1.54, 1.807) is 17.8 Å².